The van der Waals surface area contributed by atoms with Crippen molar-refractivity contribution in [3.63, 3.8) is 0 Å². The number of aromatic nitrogens is 1. The summed E-state index contributed by atoms with van der Waals surface area (Å²) in [4.78, 5) is 21.5. The zero-order valence-corrected chi connectivity index (χ0v) is 22.2. The standard InChI is InChI=1S/C25H38N6O.HI/c1-26-25(27-12-6-14-30-15-11-21-7-4-5-10-23(21)30)28-13-16-29-17-19-31(20-18-29)24(32)22-8-2-3-9-22;/h4-5,7,10-11,15,22H,2-3,6,8-9,12-14,16-20H2,1H3,(H2,26,27,28);1H. The molecule has 2 heterocycles. The van der Waals surface area contributed by atoms with Crippen molar-refractivity contribution in [3.05, 3.63) is 36.5 Å². The second-order valence-corrected chi connectivity index (χ2v) is 9.00. The topological polar surface area (TPSA) is 64.9 Å². The number of aryl methyl sites for hydroxylation is 1. The number of hydrogen-bond acceptors (Lipinski definition) is 3. The van der Waals surface area contributed by atoms with Gasteiger partial charge >= 0.3 is 0 Å². The van der Waals surface area contributed by atoms with E-state index in [-0.39, 0.29) is 24.0 Å². The van der Waals surface area contributed by atoms with Crippen molar-refractivity contribution in [2.75, 3.05) is 52.9 Å². The monoisotopic (exact) mass is 566 g/mol. The molecule has 1 aromatic carbocycles. The van der Waals surface area contributed by atoms with Crippen LogP contribution in [0.15, 0.2) is 41.5 Å². The average molecular weight is 567 g/mol. The number of halogens is 1. The number of carbonyl (C=O) groups is 1. The van der Waals surface area contributed by atoms with E-state index in [0.29, 0.717) is 11.8 Å². The van der Waals surface area contributed by atoms with Crippen LogP contribution in [0.4, 0.5) is 0 Å². The summed E-state index contributed by atoms with van der Waals surface area (Å²) in [5.41, 5.74) is 1.29. The maximum absolute atomic E-state index is 12.6. The summed E-state index contributed by atoms with van der Waals surface area (Å²) < 4.78 is 2.31. The van der Waals surface area contributed by atoms with Gasteiger partial charge in [-0.25, -0.2) is 0 Å². The maximum Gasteiger partial charge on any atom is 0.225 e. The van der Waals surface area contributed by atoms with Gasteiger partial charge in [-0.15, -0.1) is 24.0 Å². The molecule has 7 nitrogen and oxygen atoms in total. The minimum Gasteiger partial charge on any atom is -0.356 e. The number of fused-ring (bicyclic) bond motifs is 1. The first-order valence-electron chi connectivity index (χ1n) is 12.2. The molecule has 1 aromatic heterocycles. The van der Waals surface area contributed by atoms with Crippen molar-refractivity contribution in [2.45, 2.75) is 38.6 Å². The summed E-state index contributed by atoms with van der Waals surface area (Å²) >= 11 is 0. The fourth-order valence-electron chi connectivity index (χ4n) is 4.97. The third-order valence-electron chi connectivity index (χ3n) is 6.88. The van der Waals surface area contributed by atoms with E-state index >= 15 is 0 Å². The van der Waals surface area contributed by atoms with Crippen LogP contribution in [0.5, 0.6) is 0 Å². The Balaban J connectivity index is 0.00000306. The molecule has 0 spiro atoms. The number of piperazine rings is 1. The SMILES string of the molecule is CN=C(NCCCn1ccc2ccccc21)NCCN1CCN(C(=O)C2CCCC2)CC1.I. The van der Waals surface area contributed by atoms with Crippen LogP contribution in [0.2, 0.25) is 0 Å². The van der Waals surface area contributed by atoms with Gasteiger partial charge in [-0.05, 0) is 36.8 Å². The first-order valence-corrected chi connectivity index (χ1v) is 12.2. The van der Waals surface area contributed by atoms with Crippen molar-refractivity contribution < 1.29 is 4.79 Å². The van der Waals surface area contributed by atoms with Crippen molar-refractivity contribution >= 4 is 46.7 Å². The largest absolute Gasteiger partial charge is 0.356 e. The van der Waals surface area contributed by atoms with Crippen LogP contribution in [-0.4, -0.2) is 79.1 Å². The van der Waals surface area contributed by atoms with Gasteiger partial charge in [-0.1, -0.05) is 31.0 Å². The Morgan fingerprint density at radius 2 is 1.73 bits per heavy atom. The molecule has 1 aliphatic heterocycles. The van der Waals surface area contributed by atoms with Crippen molar-refractivity contribution in [2.24, 2.45) is 10.9 Å². The number of aliphatic imine (C=N–C) groups is 1. The zero-order chi connectivity index (χ0) is 22.2. The van der Waals surface area contributed by atoms with Crippen LogP contribution < -0.4 is 10.6 Å². The van der Waals surface area contributed by atoms with E-state index < -0.39 is 0 Å². The van der Waals surface area contributed by atoms with Gasteiger partial charge in [0.15, 0.2) is 5.96 Å². The molecule has 2 N–H and O–H groups in total. The molecule has 0 atom stereocenters. The fraction of sp³-hybridized carbons (Fsp3) is 0.600. The minimum atomic E-state index is 0. The molecule has 1 aliphatic carbocycles. The van der Waals surface area contributed by atoms with Crippen LogP contribution in [0.25, 0.3) is 10.9 Å². The van der Waals surface area contributed by atoms with Gasteiger partial charge < -0.3 is 20.1 Å². The Morgan fingerprint density at radius 3 is 2.48 bits per heavy atom. The fourth-order valence-corrected chi connectivity index (χ4v) is 4.97. The predicted octanol–water partition coefficient (Wildman–Crippen LogP) is 3.15. The van der Waals surface area contributed by atoms with Crippen LogP contribution >= 0.6 is 24.0 Å². The minimum absolute atomic E-state index is 0. The second kappa shape index (κ2) is 13.2. The summed E-state index contributed by atoms with van der Waals surface area (Å²) in [5.74, 6) is 1.56. The van der Waals surface area contributed by atoms with E-state index in [1.807, 2.05) is 7.05 Å². The van der Waals surface area contributed by atoms with E-state index in [1.165, 1.54) is 23.7 Å². The van der Waals surface area contributed by atoms with Gasteiger partial charge in [-0.2, -0.15) is 0 Å². The van der Waals surface area contributed by atoms with Gasteiger partial charge in [0.05, 0.1) is 0 Å². The van der Waals surface area contributed by atoms with Gasteiger partial charge in [0.25, 0.3) is 0 Å². The van der Waals surface area contributed by atoms with Crippen molar-refractivity contribution in [1.29, 1.82) is 0 Å². The number of rotatable bonds is 8. The smallest absolute Gasteiger partial charge is 0.225 e. The summed E-state index contributed by atoms with van der Waals surface area (Å²) in [6, 6.07) is 10.7. The number of nitrogens with zero attached hydrogens (tertiary/aromatic N) is 4. The highest BCUT2D eigenvalue weighted by Crippen LogP contribution is 2.26. The Labute approximate surface area is 215 Å². The van der Waals surface area contributed by atoms with Gasteiger partial charge in [0.2, 0.25) is 5.91 Å². The lowest BCUT2D eigenvalue weighted by atomic mass is 10.1. The predicted molar refractivity (Wildman–Crippen MR) is 146 cm³/mol. The number of para-hydroxylation sites is 1. The number of amides is 1. The van der Waals surface area contributed by atoms with E-state index in [0.717, 1.165) is 77.6 Å². The van der Waals surface area contributed by atoms with Crippen LogP contribution in [0, 0.1) is 5.92 Å². The molecule has 0 radical (unpaired) electrons. The lowest BCUT2D eigenvalue weighted by Gasteiger charge is -2.36. The summed E-state index contributed by atoms with van der Waals surface area (Å²) in [6.07, 6.45) is 7.84. The summed E-state index contributed by atoms with van der Waals surface area (Å²) in [7, 11) is 1.82. The van der Waals surface area contributed by atoms with Gasteiger partial charge in [0, 0.05) is 77.0 Å². The molecule has 182 valence electrons. The van der Waals surface area contributed by atoms with Crippen LogP contribution in [0.1, 0.15) is 32.1 Å². The molecule has 1 amide bonds. The Hall–Kier alpha value is -1.81. The molecule has 1 saturated carbocycles. The first-order chi connectivity index (χ1) is 15.7. The highest BCUT2D eigenvalue weighted by molar-refractivity contribution is 14.0. The maximum atomic E-state index is 12.6. The van der Waals surface area contributed by atoms with E-state index in [9.17, 15) is 4.79 Å². The van der Waals surface area contributed by atoms with Crippen molar-refractivity contribution in [3.8, 4) is 0 Å². The normalized spacial score (nSPS) is 17.8. The van der Waals surface area contributed by atoms with E-state index in [1.54, 1.807) is 0 Å². The Kier molecular flexibility index (Phi) is 10.3. The molecule has 2 aromatic rings. The lowest BCUT2D eigenvalue weighted by Crippen LogP contribution is -2.51. The first kappa shape index (κ1) is 25.8. The van der Waals surface area contributed by atoms with Crippen LogP contribution in [-0.2, 0) is 11.3 Å². The number of hydrogen-bond donors (Lipinski definition) is 2. The van der Waals surface area contributed by atoms with Gasteiger partial charge in [0.1, 0.15) is 0 Å². The number of carbonyl (C=O) groups excluding carboxylic acids is 1. The third-order valence-corrected chi connectivity index (χ3v) is 6.88. The average Bonchev–Trinajstić information content (AvgIpc) is 3.51. The Morgan fingerprint density at radius 1 is 1.00 bits per heavy atom. The highest BCUT2D eigenvalue weighted by Gasteiger charge is 2.29. The molecule has 0 bridgehead atoms. The van der Waals surface area contributed by atoms with E-state index in [2.05, 4.69) is 66.5 Å². The molecule has 0 unspecified atom stereocenters. The molecular formula is C25H39IN6O. The number of guanidine groups is 1. The molecule has 33 heavy (non-hydrogen) atoms. The molecular weight excluding hydrogens is 527 g/mol. The Bertz CT molecular complexity index is 899. The molecule has 2 fully saturated rings. The third kappa shape index (κ3) is 7.09. The highest BCUT2D eigenvalue weighted by atomic mass is 127. The second-order valence-electron chi connectivity index (χ2n) is 9.00. The molecule has 1 saturated heterocycles. The van der Waals surface area contributed by atoms with Gasteiger partial charge in [-0.3, -0.25) is 14.7 Å². The van der Waals surface area contributed by atoms with Crippen LogP contribution in [0.3, 0.4) is 0 Å². The number of nitrogens with one attached hydrogen (secondary N) is 2. The van der Waals surface area contributed by atoms with Crippen molar-refractivity contribution in [1.82, 2.24) is 25.0 Å². The number of benzene rings is 1. The van der Waals surface area contributed by atoms with E-state index in [4.69, 9.17) is 0 Å². The lowest BCUT2D eigenvalue weighted by molar-refractivity contribution is -0.137. The molecule has 8 heteroatoms. The quantitative estimate of drug-likeness (QED) is 0.223. The molecule has 2 aliphatic rings. The molecule has 4 rings (SSSR count). The summed E-state index contributed by atoms with van der Waals surface area (Å²) in [5, 5.41) is 8.15. The zero-order valence-electron chi connectivity index (χ0n) is 19.8. The summed E-state index contributed by atoms with van der Waals surface area (Å²) in [6.45, 7) is 7.39.